The Morgan fingerprint density at radius 3 is 2.88 bits per heavy atom. The minimum absolute atomic E-state index is 0.160. The van der Waals surface area contributed by atoms with Crippen LogP contribution in [0.2, 0.25) is 0 Å². The molecule has 16 heavy (non-hydrogen) atoms. The number of hydrogen-bond donors (Lipinski definition) is 2. The number of rotatable bonds is 3. The molecule has 88 valence electrons. The molecule has 2 heterocycles. The van der Waals surface area contributed by atoms with Gasteiger partial charge >= 0.3 is 5.97 Å². The van der Waals surface area contributed by atoms with Crippen molar-refractivity contribution < 1.29 is 24.5 Å². The molecule has 2 atom stereocenters. The highest BCUT2D eigenvalue weighted by molar-refractivity contribution is 14.1. The van der Waals surface area contributed by atoms with Gasteiger partial charge in [-0.2, -0.15) is 0 Å². The maximum Gasteiger partial charge on any atom is 0.338 e. The predicted molar refractivity (Wildman–Crippen MR) is 60.8 cm³/mol. The number of amides is 1. The van der Waals surface area contributed by atoms with Gasteiger partial charge in [0.25, 0.3) is 0 Å². The molecular weight excluding hydrogens is 329 g/mol. The van der Waals surface area contributed by atoms with Gasteiger partial charge in [-0.25, -0.2) is 4.79 Å². The zero-order chi connectivity index (χ0) is 11.9. The molecule has 2 rings (SSSR count). The summed E-state index contributed by atoms with van der Waals surface area (Å²) in [5, 5.41) is 18.1. The summed E-state index contributed by atoms with van der Waals surface area (Å²) in [5.74, 6) is -1.20. The maximum absolute atomic E-state index is 11.4. The molecule has 0 unspecified atom stereocenters. The largest absolute Gasteiger partial charge is 0.479 e. The van der Waals surface area contributed by atoms with Gasteiger partial charge < -0.3 is 14.9 Å². The molecule has 0 radical (unpaired) electrons. The van der Waals surface area contributed by atoms with Gasteiger partial charge in [0.1, 0.15) is 5.76 Å². The van der Waals surface area contributed by atoms with Crippen molar-refractivity contribution in [3.63, 3.8) is 0 Å². The van der Waals surface area contributed by atoms with E-state index in [1.165, 1.54) is 11.0 Å². The van der Waals surface area contributed by atoms with Gasteiger partial charge in [-0.15, -0.1) is 0 Å². The number of carbonyl (C=O) groups excluding carboxylic acids is 1. The second-order valence-electron chi connectivity index (χ2n) is 3.59. The third kappa shape index (κ3) is 1.27. The highest BCUT2D eigenvalue weighted by atomic mass is 127. The molecule has 1 amide bonds. The standard InChI is InChI=1S/C9H10INO5/c10-4-9(8(14)15)5(1-2-12)16-7-3-6(13)11(7)9/h1,7,12H,2-4H2,(H,14,15)/b5-1-/t7-,9-/m1/s1. The number of ether oxygens (including phenoxy) is 1. The first-order valence-corrected chi connectivity index (χ1v) is 6.20. The van der Waals surface area contributed by atoms with E-state index in [1.54, 1.807) is 0 Å². The number of hydrogen-bond acceptors (Lipinski definition) is 4. The summed E-state index contributed by atoms with van der Waals surface area (Å²) in [6, 6.07) is 0. The monoisotopic (exact) mass is 339 g/mol. The summed E-state index contributed by atoms with van der Waals surface area (Å²) in [5.41, 5.74) is -1.44. The molecule has 0 aromatic rings. The number of halogens is 1. The number of fused-ring (bicyclic) bond motifs is 1. The molecule has 0 aliphatic carbocycles. The van der Waals surface area contributed by atoms with Crippen molar-refractivity contribution in [1.82, 2.24) is 4.90 Å². The Morgan fingerprint density at radius 1 is 1.75 bits per heavy atom. The highest BCUT2D eigenvalue weighted by Gasteiger charge is 2.64. The minimum atomic E-state index is -1.44. The fraction of sp³-hybridized carbons (Fsp3) is 0.556. The van der Waals surface area contributed by atoms with Crippen LogP contribution in [0.1, 0.15) is 6.42 Å². The quantitative estimate of drug-likeness (QED) is 0.419. The molecule has 0 aromatic carbocycles. The number of aliphatic hydroxyl groups excluding tert-OH is 1. The van der Waals surface area contributed by atoms with Gasteiger partial charge in [0, 0.05) is 4.43 Å². The zero-order valence-electron chi connectivity index (χ0n) is 8.22. The average Bonchev–Trinajstić information content (AvgIpc) is 2.48. The van der Waals surface area contributed by atoms with Crippen molar-refractivity contribution in [1.29, 1.82) is 0 Å². The van der Waals surface area contributed by atoms with Crippen molar-refractivity contribution in [3.05, 3.63) is 11.8 Å². The van der Waals surface area contributed by atoms with E-state index in [0.717, 1.165) is 0 Å². The van der Waals surface area contributed by atoms with Crippen LogP contribution < -0.4 is 0 Å². The average molecular weight is 339 g/mol. The van der Waals surface area contributed by atoms with E-state index in [-0.39, 0.29) is 29.1 Å². The summed E-state index contributed by atoms with van der Waals surface area (Å²) in [7, 11) is 0. The van der Waals surface area contributed by atoms with Gasteiger partial charge in [-0.05, 0) is 6.08 Å². The molecule has 2 aliphatic rings. The molecule has 0 saturated carbocycles. The highest BCUT2D eigenvalue weighted by Crippen LogP contribution is 2.45. The maximum atomic E-state index is 11.4. The molecule has 0 bridgehead atoms. The summed E-state index contributed by atoms with van der Waals surface area (Å²) in [4.78, 5) is 24.0. The number of aliphatic carboxylic acids is 1. The van der Waals surface area contributed by atoms with Crippen LogP contribution in [0.3, 0.4) is 0 Å². The molecule has 2 saturated heterocycles. The first kappa shape index (κ1) is 11.6. The molecule has 2 N–H and O–H groups in total. The first-order chi connectivity index (χ1) is 7.57. The topological polar surface area (TPSA) is 87.1 Å². The van der Waals surface area contributed by atoms with E-state index in [2.05, 4.69) is 0 Å². The molecule has 2 aliphatic heterocycles. The number of carbonyl (C=O) groups is 2. The lowest BCUT2D eigenvalue weighted by Gasteiger charge is -2.39. The lowest BCUT2D eigenvalue weighted by Crippen LogP contribution is -2.63. The van der Waals surface area contributed by atoms with Crippen LogP contribution in [0.25, 0.3) is 0 Å². The van der Waals surface area contributed by atoms with Crippen LogP contribution in [-0.2, 0) is 14.3 Å². The van der Waals surface area contributed by atoms with Crippen molar-refractivity contribution >= 4 is 34.5 Å². The Balaban J connectivity index is 2.46. The van der Waals surface area contributed by atoms with Crippen molar-refractivity contribution in [3.8, 4) is 0 Å². The van der Waals surface area contributed by atoms with Crippen LogP contribution in [0.4, 0.5) is 0 Å². The predicted octanol–water partition coefficient (Wildman–Crippen LogP) is -0.290. The first-order valence-electron chi connectivity index (χ1n) is 4.67. The Bertz CT molecular complexity index is 382. The summed E-state index contributed by atoms with van der Waals surface area (Å²) in [6.45, 7) is -0.310. The zero-order valence-corrected chi connectivity index (χ0v) is 10.4. The van der Waals surface area contributed by atoms with E-state index >= 15 is 0 Å². The van der Waals surface area contributed by atoms with E-state index in [1.807, 2.05) is 22.6 Å². The number of nitrogens with zero attached hydrogens (tertiary/aromatic N) is 1. The Hall–Kier alpha value is -0.830. The van der Waals surface area contributed by atoms with Crippen molar-refractivity contribution in [2.75, 3.05) is 11.0 Å². The number of aliphatic hydroxyl groups is 1. The molecule has 0 aromatic heterocycles. The van der Waals surface area contributed by atoms with Crippen molar-refractivity contribution in [2.24, 2.45) is 0 Å². The molecule has 6 nitrogen and oxygen atoms in total. The van der Waals surface area contributed by atoms with Gasteiger partial charge in [-0.3, -0.25) is 9.69 Å². The lowest BCUT2D eigenvalue weighted by molar-refractivity contribution is -0.169. The Morgan fingerprint density at radius 2 is 2.44 bits per heavy atom. The van der Waals surface area contributed by atoms with Crippen molar-refractivity contribution in [2.45, 2.75) is 18.2 Å². The van der Waals surface area contributed by atoms with Gasteiger partial charge in [0.05, 0.1) is 13.0 Å². The summed E-state index contributed by atoms with van der Waals surface area (Å²) >= 11 is 1.90. The van der Waals surface area contributed by atoms with Crippen LogP contribution in [0, 0.1) is 0 Å². The van der Waals surface area contributed by atoms with E-state index in [4.69, 9.17) is 9.84 Å². The molecule has 2 fully saturated rings. The molecular formula is C9H10INO5. The Kier molecular flexibility index (Phi) is 2.82. The van der Waals surface area contributed by atoms with E-state index in [9.17, 15) is 14.7 Å². The second kappa shape index (κ2) is 3.88. The molecule has 0 spiro atoms. The lowest BCUT2D eigenvalue weighted by atomic mass is 9.94. The molecule has 7 heteroatoms. The van der Waals surface area contributed by atoms with Crippen LogP contribution in [0.15, 0.2) is 11.8 Å². The van der Waals surface area contributed by atoms with Crippen LogP contribution in [0.5, 0.6) is 0 Å². The summed E-state index contributed by atoms with van der Waals surface area (Å²) in [6.07, 6.45) is 1.02. The van der Waals surface area contributed by atoms with Gasteiger partial charge in [0.15, 0.2) is 6.23 Å². The third-order valence-electron chi connectivity index (χ3n) is 2.81. The van der Waals surface area contributed by atoms with E-state index in [0.29, 0.717) is 0 Å². The summed E-state index contributed by atoms with van der Waals surface area (Å²) < 4.78 is 5.55. The smallest absolute Gasteiger partial charge is 0.338 e. The van der Waals surface area contributed by atoms with Crippen LogP contribution in [-0.4, -0.2) is 49.8 Å². The SMILES string of the molecule is O=C1C[C@H]2O/C(=C\CO)[C@](CI)(C(=O)O)N12. The minimum Gasteiger partial charge on any atom is -0.479 e. The number of carboxylic acid groups (broad SMARTS) is 1. The normalized spacial score (nSPS) is 34.6. The van der Waals surface area contributed by atoms with Gasteiger partial charge in [0.2, 0.25) is 11.4 Å². The number of alkyl halides is 1. The third-order valence-corrected chi connectivity index (χ3v) is 3.92. The van der Waals surface area contributed by atoms with E-state index < -0.39 is 17.7 Å². The fourth-order valence-electron chi connectivity index (χ4n) is 2.00. The second-order valence-corrected chi connectivity index (χ2v) is 4.35. The number of β-lactam (4-membered cyclic amide) rings is 1. The Labute approximate surface area is 105 Å². The van der Waals surface area contributed by atoms with Gasteiger partial charge in [-0.1, -0.05) is 22.6 Å². The fourth-order valence-corrected chi connectivity index (χ4v) is 3.07. The van der Waals surface area contributed by atoms with Crippen LogP contribution >= 0.6 is 22.6 Å². The number of carboxylic acids is 1.